The standard InChI is InChI=1S/C12H18.2C7H12N2.3B/c1-8(2)12-7-6-9(3)10(4)11(12)5;1-6(2)9-5-4-8-7(9)3;1-6(2)9-5-4-7(3)8-9;;;/h6-8H,1-5H3;2*4-6H,1-3H3;;;. The zero-order chi connectivity index (χ0) is 23.0. The predicted molar refractivity (Wildman–Crippen MR) is 147 cm³/mol. The lowest BCUT2D eigenvalue weighted by atomic mass is 9.92. The quantitative estimate of drug-likeness (QED) is 0.457. The van der Waals surface area contributed by atoms with Gasteiger partial charge in [-0.05, 0) is 96.6 Å². The summed E-state index contributed by atoms with van der Waals surface area (Å²) in [5, 5.41) is 4.23. The van der Waals surface area contributed by atoms with Crippen LogP contribution in [0, 0.1) is 34.6 Å². The normalized spacial score (nSPS) is 9.76. The Morgan fingerprint density at radius 2 is 1.27 bits per heavy atom. The minimum absolute atomic E-state index is 0. The first-order chi connectivity index (χ1) is 14.0. The van der Waals surface area contributed by atoms with Crippen molar-refractivity contribution in [1.82, 2.24) is 19.3 Å². The summed E-state index contributed by atoms with van der Waals surface area (Å²) in [5.41, 5.74) is 6.88. The van der Waals surface area contributed by atoms with Crippen molar-refractivity contribution in [2.45, 2.75) is 94.2 Å². The zero-order valence-corrected chi connectivity index (χ0v) is 22.7. The van der Waals surface area contributed by atoms with Crippen LogP contribution in [0.1, 0.15) is 93.3 Å². The lowest BCUT2D eigenvalue weighted by Gasteiger charge is -2.13. The van der Waals surface area contributed by atoms with Crippen LogP contribution in [0.4, 0.5) is 0 Å². The van der Waals surface area contributed by atoms with E-state index in [4.69, 9.17) is 0 Å². The lowest BCUT2D eigenvalue weighted by Crippen LogP contribution is -2.00. The molecule has 7 heteroatoms. The molecule has 0 spiro atoms. The molecule has 0 atom stereocenters. The van der Waals surface area contributed by atoms with Gasteiger partial charge in [0.25, 0.3) is 0 Å². The van der Waals surface area contributed by atoms with Gasteiger partial charge in [0.2, 0.25) is 0 Å². The summed E-state index contributed by atoms with van der Waals surface area (Å²) in [6.45, 7) is 23.6. The Bertz CT molecular complexity index is 912. The van der Waals surface area contributed by atoms with Crippen molar-refractivity contribution in [3.05, 3.63) is 70.6 Å². The van der Waals surface area contributed by atoms with Crippen molar-refractivity contribution in [3.63, 3.8) is 0 Å². The maximum atomic E-state index is 4.23. The molecule has 0 bridgehead atoms. The summed E-state index contributed by atoms with van der Waals surface area (Å²) in [7, 11) is 0. The molecule has 0 aliphatic carbocycles. The fraction of sp³-hybridized carbons (Fsp3) is 0.538. The molecule has 2 heterocycles. The number of hydrogen-bond donors (Lipinski definition) is 0. The first-order valence-electron chi connectivity index (χ1n) is 11.0. The molecule has 3 rings (SSSR count). The topological polar surface area (TPSA) is 35.6 Å². The van der Waals surface area contributed by atoms with Gasteiger partial charge in [0.15, 0.2) is 0 Å². The van der Waals surface area contributed by atoms with Crippen LogP contribution in [0.5, 0.6) is 0 Å². The Kier molecular flexibility index (Phi) is 17.7. The molecule has 0 aliphatic rings. The molecule has 0 saturated heterocycles. The molecular weight excluding hydrogens is 401 g/mol. The van der Waals surface area contributed by atoms with Crippen LogP contribution in [-0.4, -0.2) is 44.6 Å². The number of benzene rings is 1. The van der Waals surface area contributed by atoms with Gasteiger partial charge >= 0.3 is 0 Å². The van der Waals surface area contributed by atoms with Gasteiger partial charge in [-0.25, -0.2) is 4.98 Å². The highest BCUT2D eigenvalue weighted by atomic mass is 15.3. The SMILES string of the molecule is Cc1ccc(C(C)C)c(C)c1C.Cc1ccn(C(C)C)n1.Cc1nccn1C(C)C.[B].[B].[B]. The summed E-state index contributed by atoms with van der Waals surface area (Å²) in [6.07, 6.45) is 5.83. The van der Waals surface area contributed by atoms with E-state index in [0.717, 1.165) is 11.5 Å². The molecule has 175 valence electrons. The first-order valence-corrected chi connectivity index (χ1v) is 11.0. The molecule has 33 heavy (non-hydrogen) atoms. The molecule has 0 amide bonds. The highest BCUT2D eigenvalue weighted by Gasteiger charge is 2.06. The van der Waals surface area contributed by atoms with Gasteiger partial charge in [-0.1, -0.05) is 26.0 Å². The van der Waals surface area contributed by atoms with E-state index >= 15 is 0 Å². The van der Waals surface area contributed by atoms with Crippen molar-refractivity contribution >= 4 is 25.2 Å². The van der Waals surface area contributed by atoms with Gasteiger partial charge in [0.05, 0.1) is 5.69 Å². The average Bonchev–Trinajstić information content (AvgIpc) is 3.29. The number of rotatable bonds is 3. The third kappa shape index (κ3) is 11.0. The van der Waals surface area contributed by atoms with Crippen LogP contribution in [0.15, 0.2) is 36.8 Å². The Morgan fingerprint density at radius 1 is 0.697 bits per heavy atom. The number of aryl methyl sites for hydroxylation is 3. The molecular formula is C26H42B3N4. The summed E-state index contributed by atoms with van der Waals surface area (Å²) in [6, 6.07) is 7.51. The summed E-state index contributed by atoms with van der Waals surface area (Å²) >= 11 is 0. The Labute approximate surface area is 209 Å². The van der Waals surface area contributed by atoms with Crippen LogP contribution < -0.4 is 0 Å². The van der Waals surface area contributed by atoms with E-state index in [0.29, 0.717) is 18.0 Å². The van der Waals surface area contributed by atoms with Crippen LogP contribution in [0.3, 0.4) is 0 Å². The second kappa shape index (κ2) is 16.4. The molecule has 0 N–H and O–H groups in total. The number of imidazole rings is 1. The third-order valence-corrected chi connectivity index (χ3v) is 5.41. The maximum absolute atomic E-state index is 4.23. The molecule has 4 nitrogen and oxygen atoms in total. The minimum atomic E-state index is 0. The molecule has 0 aliphatic heterocycles. The van der Waals surface area contributed by atoms with E-state index in [-0.39, 0.29) is 25.2 Å². The Morgan fingerprint density at radius 3 is 1.58 bits per heavy atom. The molecule has 3 aromatic rings. The molecule has 9 radical (unpaired) electrons. The van der Waals surface area contributed by atoms with Crippen molar-refractivity contribution in [2.75, 3.05) is 0 Å². The van der Waals surface area contributed by atoms with E-state index in [2.05, 4.69) is 89.1 Å². The van der Waals surface area contributed by atoms with E-state index in [1.807, 2.05) is 43.2 Å². The summed E-state index contributed by atoms with van der Waals surface area (Å²) in [5.74, 6) is 1.73. The van der Waals surface area contributed by atoms with E-state index < -0.39 is 0 Å². The predicted octanol–water partition coefficient (Wildman–Crippen LogP) is 6.14. The second-order valence-electron chi connectivity index (χ2n) is 8.88. The lowest BCUT2D eigenvalue weighted by molar-refractivity contribution is 0.529. The van der Waals surface area contributed by atoms with Gasteiger partial charge in [-0.15, -0.1) is 0 Å². The fourth-order valence-electron chi connectivity index (χ4n) is 3.26. The minimum Gasteiger partial charge on any atom is -0.333 e. The fourth-order valence-corrected chi connectivity index (χ4v) is 3.26. The summed E-state index contributed by atoms with van der Waals surface area (Å²) in [4.78, 5) is 4.10. The first kappa shape index (κ1) is 35.4. The number of nitrogens with zero attached hydrogens (tertiary/aromatic N) is 4. The highest BCUT2D eigenvalue weighted by molar-refractivity contribution is 5.76. The van der Waals surface area contributed by atoms with Crippen molar-refractivity contribution in [1.29, 1.82) is 0 Å². The monoisotopic (exact) mass is 443 g/mol. The smallest absolute Gasteiger partial charge is 0.105 e. The largest absolute Gasteiger partial charge is 0.333 e. The number of hydrogen-bond acceptors (Lipinski definition) is 2. The Hall–Kier alpha value is -2.17. The van der Waals surface area contributed by atoms with Gasteiger partial charge in [0, 0.05) is 55.9 Å². The van der Waals surface area contributed by atoms with E-state index in [1.165, 1.54) is 22.3 Å². The van der Waals surface area contributed by atoms with Crippen molar-refractivity contribution in [3.8, 4) is 0 Å². The zero-order valence-electron chi connectivity index (χ0n) is 22.7. The molecule has 1 aromatic carbocycles. The van der Waals surface area contributed by atoms with Gasteiger partial charge in [0.1, 0.15) is 5.82 Å². The third-order valence-electron chi connectivity index (χ3n) is 5.41. The van der Waals surface area contributed by atoms with Gasteiger partial charge < -0.3 is 4.57 Å². The molecule has 0 unspecified atom stereocenters. The second-order valence-corrected chi connectivity index (χ2v) is 8.88. The number of aromatic nitrogens is 4. The van der Waals surface area contributed by atoms with Crippen molar-refractivity contribution in [2.24, 2.45) is 0 Å². The van der Waals surface area contributed by atoms with Crippen LogP contribution in [-0.2, 0) is 0 Å². The van der Waals surface area contributed by atoms with E-state index in [1.54, 1.807) is 0 Å². The Balaban J connectivity index is -0.000000396. The van der Waals surface area contributed by atoms with Crippen molar-refractivity contribution < 1.29 is 0 Å². The van der Waals surface area contributed by atoms with Gasteiger partial charge in [-0.2, -0.15) is 5.10 Å². The van der Waals surface area contributed by atoms with E-state index in [9.17, 15) is 0 Å². The summed E-state index contributed by atoms with van der Waals surface area (Å²) < 4.78 is 4.09. The van der Waals surface area contributed by atoms with Gasteiger partial charge in [-0.3, -0.25) is 4.68 Å². The molecule has 0 fully saturated rings. The van der Waals surface area contributed by atoms with Crippen LogP contribution in [0.2, 0.25) is 0 Å². The molecule has 0 saturated carbocycles. The van der Waals surface area contributed by atoms with Crippen LogP contribution in [0.25, 0.3) is 0 Å². The highest BCUT2D eigenvalue weighted by Crippen LogP contribution is 2.23. The average molecular weight is 443 g/mol. The molecule has 2 aromatic heterocycles. The van der Waals surface area contributed by atoms with Crippen LogP contribution >= 0.6 is 0 Å². The maximum Gasteiger partial charge on any atom is 0.105 e.